The molecule has 0 unspecified atom stereocenters. The van der Waals surface area contributed by atoms with Gasteiger partial charge in [-0.15, -0.1) is 5.10 Å². The van der Waals surface area contributed by atoms with Crippen LogP contribution >= 0.6 is 0 Å². The molecule has 1 aliphatic rings. The highest BCUT2D eigenvalue weighted by Gasteiger charge is 2.19. The molecule has 9 nitrogen and oxygen atoms in total. The van der Waals surface area contributed by atoms with Crippen molar-refractivity contribution in [1.82, 2.24) is 25.1 Å². The van der Waals surface area contributed by atoms with Crippen LogP contribution in [-0.4, -0.2) is 65.7 Å². The maximum atomic E-state index is 15.2. The second-order valence-corrected chi connectivity index (χ2v) is 7.77. The molecule has 4 heterocycles. The smallest absolute Gasteiger partial charge is 0.233 e. The predicted molar refractivity (Wildman–Crippen MR) is 124 cm³/mol. The Hall–Kier alpha value is -3.92. The van der Waals surface area contributed by atoms with Crippen molar-refractivity contribution in [1.29, 1.82) is 0 Å². The zero-order chi connectivity index (χ0) is 23.5. The molecule has 0 spiro atoms. The summed E-state index contributed by atoms with van der Waals surface area (Å²) >= 11 is 0. The number of fused-ring (bicyclic) bond motifs is 1. The fraction of sp³-hybridized carbons (Fsp3) is 0.292. The van der Waals surface area contributed by atoms with Crippen molar-refractivity contribution >= 4 is 16.7 Å². The van der Waals surface area contributed by atoms with E-state index in [0.717, 1.165) is 24.3 Å². The third kappa shape index (κ3) is 4.32. The number of rotatable bonds is 6. The molecule has 0 atom stereocenters. The standard InChI is InChI=1S/C24H23FN6O3/c1-32-21-12-19(25)18(10-15(21)9-16-3-4-22(33-2)30-29-16)23-24-20(27-14-28-23)11-17(13-26-24)31-5-7-34-8-6-31/h3-4,10-14H,5-9H2,1-2H3. The molecular formula is C24H23FN6O3. The average Bonchev–Trinajstić information content (AvgIpc) is 2.89. The van der Waals surface area contributed by atoms with Gasteiger partial charge in [-0.3, -0.25) is 4.98 Å². The van der Waals surface area contributed by atoms with Crippen molar-refractivity contribution in [3.8, 4) is 22.9 Å². The van der Waals surface area contributed by atoms with Crippen molar-refractivity contribution < 1.29 is 18.6 Å². The Morgan fingerprint density at radius 2 is 1.85 bits per heavy atom. The van der Waals surface area contributed by atoms with Crippen LogP contribution in [0.15, 0.2) is 42.9 Å². The Morgan fingerprint density at radius 3 is 2.59 bits per heavy atom. The van der Waals surface area contributed by atoms with Gasteiger partial charge in [-0.25, -0.2) is 14.4 Å². The predicted octanol–water partition coefficient (Wildman–Crippen LogP) is 3.07. The van der Waals surface area contributed by atoms with Gasteiger partial charge in [0.1, 0.15) is 29.1 Å². The minimum Gasteiger partial charge on any atom is -0.496 e. The number of methoxy groups -OCH3 is 2. The third-order valence-electron chi connectivity index (χ3n) is 5.74. The van der Waals surface area contributed by atoms with E-state index in [-0.39, 0.29) is 0 Å². The minimum absolute atomic E-state index is 0.316. The van der Waals surface area contributed by atoms with Crippen LogP contribution in [0, 0.1) is 5.82 Å². The first-order valence-corrected chi connectivity index (χ1v) is 10.8. The molecule has 3 aromatic heterocycles. The summed E-state index contributed by atoms with van der Waals surface area (Å²) in [6.45, 7) is 2.92. The Labute approximate surface area is 195 Å². The van der Waals surface area contributed by atoms with Gasteiger partial charge in [0, 0.05) is 42.8 Å². The zero-order valence-electron chi connectivity index (χ0n) is 18.9. The van der Waals surface area contributed by atoms with Crippen molar-refractivity contribution in [2.75, 3.05) is 45.4 Å². The molecule has 4 aromatic rings. The lowest BCUT2D eigenvalue weighted by molar-refractivity contribution is 0.122. The van der Waals surface area contributed by atoms with Crippen LogP contribution in [0.2, 0.25) is 0 Å². The van der Waals surface area contributed by atoms with Gasteiger partial charge in [0.05, 0.1) is 50.5 Å². The summed E-state index contributed by atoms with van der Waals surface area (Å²) in [5.41, 5.74) is 4.30. The number of ether oxygens (including phenoxy) is 3. The highest BCUT2D eigenvalue weighted by atomic mass is 19.1. The monoisotopic (exact) mass is 462 g/mol. The molecule has 1 aromatic carbocycles. The number of hydrogen-bond acceptors (Lipinski definition) is 9. The summed E-state index contributed by atoms with van der Waals surface area (Å²) in [5.74, 6) is 0.380. The second kappa shape index (κ2) is 9.52. The maximum absolute atomic E-state index is 15.2. The van der Waals surface area contributed by atoms with E-state index in [4.69, 9.17) is 14.2 Å². The van der Waals surface area contributed by atoms with Crippen LogP contribution in [-0.2, 0) is 11.2 Å². The van der Waals surface area contributed by atoms with E-state index in [9.17, 15) is 0 Å². The maximum Gasteiger partial charge on any atom is 0.233 e. The van der Waals surface area contributed by atoms with Gasteiger partial charge in [-0.05, 0) is 18.2 Å². The Balaban J connectivity index is 1.54. The largest absolute Gasteiger partial charge is 0.496 e. The van der Waals surface area contributed by atoms with Crippen LogP contribution < -0.4 is 14.4 Å². The van der Waals surface area contributed by atoms with E-state index in [1.165, 1.54) is 26.6 Å². The van der Waals surface area contributed by atoms with E-state index in [2.05, 4.69) is 30.0 Å². The van der Waals surface area contributed by atoms with Crippen LogP contribution in [0.1, 0.15) is 11.3 Å². The Morgan fingerprint density at radius 1 is 1.00 bits per heavy atom. The SMILES string of the molecule is COc1ccc(Cc2cc(-c3ncnc4cc(N5CCOCC5)cnc34)c(F)cc2OC)nn1. The van der Waals surface area contributed by atoms with Crippen molar-refractivity contribution in [3.63, 3.8) is 0 Å². The summed E-state index contributed by atoms with van der Waals surface area (Å²) in [5, 5.41) is 8.18. The van der Waals surface area contributed by atoms with E-state index < -0.39 is 5.82 Å². The normalized spacial score (nSPS) is 13.8. The minimum atomic E-state index is -0.458. The van der Waals surface area contributed by atoms with Gasteiger partial charge in [0.2, 0.25) is 5.88 Å². The quantitative estimate of drug-likeness (QED) is 0.428. The summed E-state index contributed by atoms with van der Waals surface area (Å²) in [6, 6.07) is 8.57. The van der Waals surface area contributed by atoms with Gasteiger partial charge < -0.3 is 19.1 Å². The molecule has 0 amide bonds. The highest BCUT2D eigenvalue weighted by molar-refractivity contribution is 5.90. The molecule has 10 heteroatoms. The van der Waals surface area contributed by atoms with Crippen molar-refractivity contribution in [2.45, 2.75) is 6.42 Å². The second-order valence-electron chi connectivity index (χ2n) is 7.77. The molecule has 174 valence electrons. The van der Waals surface area contributed by atoms with E-state index >= 15 is 4.39 Å². The number of anilines is 1. The van der Waals surface area contributed by atoms with Crippen LogP contribution in [0.5, 0.6) is 11.6 Å². The van der Waals surface area contributed by atoms with Gasteiger partial charge in [-0.1, -0.05) is 0 Å². The number of benzene rings is 1. The molecule has 34 heavy (non-hydrogen) atoms. The molecule has 1 aliphatic heterocycles. The highest BCUT2D eigenvalue weighted by Crippen LogP contribution is 2.33. The van der Waals surface area contributed by atoms with E-state index in [1.807, 2.05) is 12.1 Å². The van der Waals surface area contributed by atoms with Crippen LogP contribution in [0.25, 0.3) is 22.3 Å². The molecule has 0 saturated carbocycles. The van der Waals surface area contributed by atoms with Crippen LogP contribution in [0.4, 0.5) is 10.1 Å². The average molecular weight is 462 g/mol. The molecular weight excluding hydrogens is 439 g/mol. The van der Waals surface area contributed by atoms with Gasteiger partial charge in [0.15, 0.2) is 0 Å². The molecule has 0 bridgehead atoms. The zero-order valence-corrected chi connectivity index (χ0v) is 18.9. The van der Waals surface area contributed by atoms with Gasteiger partial charge in [-0.2, -0.15) is 5.10 Å². The lowest BCUT2D eigenvalue weighted by Gasteiger charge is -2.28. The lowest BCUT2D eigenvalue weighted by atomic mass is 10.0. The first-order valence-electron chi connectivity index (χ1n) is 10.8. The van der Waals surface area contributed by atoms with Gasteiger partial charge in [0.25, 0.3) is 0 Å². The van der Waals surface area contributed by atoms with Crippen molar-refractivity contribution in [3.05, 3.63) is 59.9 Å². The number of nitrogens with zero attached hydrogens (tertiary/aromatic N) is 6. The first kappa shape index (κ1) is 21.9. The summed E-state index contributed by atoms with van der Waals surface area (Å²) in [4.78, 5) is 15.6. The first-order chi connectivity index (χ1) is 16.7. The molecule has 1 saturated heterocycles. The fourth-order valence-corrected chi connectivity index (χ4v) is 3.98. The Bertz CT molecular complexity index is 1310. The number of halogens is 1. The molecule has 0 aliphatic carbocycles. The topological polar surface area (TPSA) is 95.4 Å². The molecule has 0 radical (unpaired) electrons. The molecule has 0 N–H and O–H groups in total. The number of morpholine rings is 1. The number of aromatic nitrogens is 5. The lowest BCUT2D eigenvalue weighted by Crippen LogP contribution is -2.36. The number of hydrogen-bond donors (Lipinski definition) is 0. The fourth-order valence-electron chi connectivity index (χ4n) is 3.98. The Kier molecular flexibility index (Phi) is 6.13. The van der Waals surface area contributed by atoms with E-state index in [0.29, 0.717) is 59.2 Å². The van der Waals surface area contributed by atoms with Crippen molar-refractivity contribution in [2.24, 2.45) is 0 Å². The number of pyridine rings is 1. The summed E-state index contributed by atoms with van der Waals surface area (Å²) in [6.07, 6.45) is 3.60. The van der Waals surface area contributed by atoms with E-state index in [1.54, 1.807) is 18.3 Å². The third-order valence-corrected chi connectivity index (χ3v) is 5.74. The molecule has 1 fully saturated rings. The summed E-state index contributed by atoms with van der Waals surface area (Å²) < 4.78 is 31.1. The summed E-state index contributed by atoms with van der Waals surface area (Å²) in [7, 11) is 3.04. The molecule has 5 rings (SSSR count). The van der Waals surface area contributed by atoms with Gasteiger partial charge >= 0.3 is 0 Å². The van der Waals surface area contributed by atoms with Crippen LogP contribution in [0.3, 0.4) is 0 Å².